The van der Waals surface area contributed by atoms with Crippen molar-refractivity contribution in [3.8, 4) is 0 Å². The SMILES string of the molecule is CC(=O)N[C@H]1C(O)O[C@H](CO)[C@@H](O[C@@H]2O[C@H](CO)[C@H](O)[C@H](OS(=O)(=O)[O-])[C@H]2O)[C@@H]1OC1O[C@@H](C)[C@@H](O)[C@@H](O)[C@@H]1O.[Na+]. The molecule has 0 aromatic carbocycles. The Morgan fingerprint density at radius 3 is 1.90 bits per heavy atom. The third-order valence-electron chi connectivity index (χ3n) is 6.66. The number of hydrogen-bond acceptors (Lipinski definition) is 18. The number of ether oxygens (including phenoxy) is 5. The molecular weight excluding hydrogens is 597 g/mol. The summed E-state index contributed by atoms with van der Waals surface area (Å²) in [4.78, 5) is 11.9. The van der Waals surface area contributed by atoms with E-state index in [0.29, 0.717) is 0 Å². The zero-order valence-corrected chi connectivity index (χ0v) is 25.0. The van der Waals surface area contributed by atoms with Crippen LogP contribution in [-0.4, -0.2) is 165 Å². The molecule has 3 rings (SSSR count). The van der Waals surface area contributed by atoms with Crippen LogP contribution < -0.4 is 34.9 Å². The molecular formula is C20H34NNaO18S. The molecule has 9 N–H and O–H groups in total. The second-order valence-electron chi connectivity index (χ2n) is 9.53. The van der Waals surface area contributed by atoms with Gasteiger partial charge in [0.1, 0.15) is 67.1 Å². The van der Waals surface area contributed by atoms with E-state index < -0.39 is 122 Å². The van der Waals surface area contributed by atoms with Crippen molar-refractivity contribution in [3.05, 3.63) is 0 Å². The summed E-state index contributed by atoms with van der Waals surface area (Å²) in [5.41, 5.74) is 0. The maximum atomic E-state index is 11.9. The minimum absolute atomic E-state index is 0. The van der Waals surface area contributed by atoms with Crippen LogP contribution in [0.2, 0.25) is 0 Å². The smallest absolute Gasteiger partial charge is 0.726 e. The van der Waals surface area contributed by atoms with E-state index in [1.165, 1.54) is 6.92 Å². The Balaban J connectivity index is 0.00000588. The van der Waals surface area contributed by atoms with Crippen LogP contribution in [0.1, 0.15) is 13.8 Å². The van der Waals surface area contributed by atoms with Crippen LogP contribution in [0.5, 0.6) is 0 Å². The fraction of sp³-hybridized carbons (Fsp3) is 0.950. The van der Waals surface area contributed by atoms with Crippen molar-refractivity contribution < 1.29 is 116 Å². The Morgan fingerprint density at radius 2 is 1.37 bits per heavy atom. The molecule has 21 heteroatoms. The fourth-order valence-corrected chi connectivity index (χ4v) is 5.13. The molecule has 0 saturated carbocycles. The molecule has 2 unspecified atom stereocenters. The van der Waals surface area contributed by atoms with Crippen LogP contribution in [0, 0.1) is 0 Å². The molecule has 19 nitrogen and oxygen atoms in total. The predicted octanol–water partition coefficient (Wildman–Crippen LogP) is -9.91. The zero-order chi connectivity index (χ0) is 30.1. The second kappa shape index (κ2) is 15.2. The van der Waals surface area contributed by atoms with Crippen molar-refractivity contribution in [1.82, 2.24) is 5.32 Å². The van der Waals surface area contributed by atoms with Crippen molar-refractivity contribution >= 4 is 16.3 Å². The van der Waals surface area contributed by atoms with Gasteiger partial charge < -0.3 is 74.4 Å². The van der Waals surface area contributed by atoms with Gasteiger partial charge in [0, 0.05) is 6.92 Å². The molecule has 234 valence electrons. The van der Waals surface area contributed by atoms with Crippen LogP contribution in [-0.2, 0) is 43.1 Å². The van der Waals surface area contributed by atoms with Crippen molar-refractivity contribution in [2.24, 2.45) is 0 Å². The Kier molecular flexibility index (Phi) is 13.7. The van der Waals surface area contributed by atoms with Crippen LogP contribution >= 0.6 is 0 Å². The predicted molar refractivity (Wildman–Crippen MR) is 120 cm³/mol. The molecule has 0 spiro atoms. The minimum atomic E-state index is -5.49. The molecule has 15 atom stereocenters. The molecule has 3 saturated heterocycles. The summed E-state index contributed by atoms with van der Waals surface area (Å²) in [6.45, 7) is 0.550. The molecule has 3 aliphatic heterocycles. The molecule has 3 heterocycles. The van der Waals surface area contributed by atoms with E-state index in [9.17, 15) is 58.6 Å². The van der Waals surface area contributed by atoms with Gasteiger partial charge in [0.2, 0.25) is 16.3 Å². The number of rotatable bonds is 9. The molecule has 3 fully saturated rings. The average molecular weight is 632 g/mol. The maximum absolute atomic E-state index is 11.9. The van der Waals surface area contributed by atoms with Gasteiger partial charge in [-0.1, -0.05) is 0 Å². The summed E-state index contributed by atoms with van der Waals surface area (Å²) in [5, 5.41) is 83.9. The van der Waals surface area contributed by atoms with Crippen LogP contribution in [0.4, 0.5) is 0 Å². The first-order valence-corrected chi connectivity index (χ1v) is 13.4. The first-order chi connectivity index (χ1) is 18.6. The summed E-state index contributed by atoms with van der Waals surface area (Å²) in [6, 6.07) is -1.53. The molecule has 0 radical (unpaired) electrons. The van der Waals surface area contributed by atoms with Gasteiger partial charge in [-0.15, -0.1) is 0 Å². The summed E-state index contributed by atoms with van der Waals surface area (Å²) in [6.07, 6.45) is -24.8. The number of aliphatic hydroxyl groups is 8. The number of carbonyl (C=O) groups excluding carboxylic acids is 1. The average Bonchev–Trinajstić information content (AvgIpc) is 2.87. The Bertz CT molecular complexity index is 962. The molecule has 0 aromatic rings. The monoisotopic (exact) mass is 631 g/mol. The van der Waals surface area contributed by atoms with Gasteiger partial charge in [-0.25, -0.2) is 8.42 Å². The van der Waals surface area contributed by atoms with Crippen molar-refractivity contribution in [1.29, 1.82) is 0 Å². The van der Waals surface area contributed by atoms with Gasteiger partial charge in [-0.05, 0) is 6.92 Å². The van der Waals surface area contributed by atoms with Crippen molar-refractivity contribution in [2.75, 3.05) is 13.2 Å². The third kappa shape index (κ3) is 8.72. The molecule has 3 aliphatic rings. The molecule has 1 amide bonds. The normalized spacial score (nSPS) is 45.5. The molecule has 0 aliphatic carbocycles. The number of hydrogen-bond donors (Lipinski definition) is 9. The first kappa shape index (κ1) is 37.0. The van der Waals surface area contributed by atoms with E-state index in [-0.39, 0.29) is 29.6 Å². The standard InChI is InChI=1S/C20H35NO18S.Na/c1-5-10(25)12(27)13(28)19(34-5)38-16-9(21-6(2)24)18(30)35-8(4-23)15(16)37-20-14(29)17(39-40(31,32)33)11(26)7(3-22)36-20;/h5,7-20,22-23,25-30H,3-4H2,1-2H3,(H,21,24)(H,31,32,33);/q;+1/p-1/t5-,7+,8+,9+,10+,11-,12+,13-,14+,15+,16+,17-,18?,19?,20-;/m0./s1. The van der Waals surface area contributed by atoms with Gasteiger partial charge in [0.05, 0.1) is 19.3 Å². The molecule has 41 heavy (non-hydrogen) atoms. The third-order valence-corrected chi connectivity index (χ3v) is 7.12. The summed E-state index contributed by atoms with van der Waals surface area (Å²) >= 11 is 0. The van der Waals surface area contributed by atoms with E-state index in [1.807, 2.05) is 0 Å². The quantitative estimate of drug-likeness (QED) is 0.0648. The van der Waals surface area contributed by atoms with Crippen LogP contribution in [0.3, 0.4) is 0 Å². The number of nitrogens with one attached hydrogen (secondary N) is 1. The van der Waals surface area contributed by atoms with Gasteiger partial charge in [0.25, 0.3) is 0 Å². The number of carbonyl (C=O) groups is 1. The van der Waals surface area contributed by atoms with Crippen molar-refractivity contribution in [3.63, 3.8) is 0 Å². The molecule has 0 aromatic heterocycles. The van der Waals surface area contributed by atoms with Gasteiger partial charge in [0.15, 0.2) is 18.9 Å². The second-order valence-corrected chi connectivity index (χ2v) is 10.5. The Hall–Kier alpha value is -0.180. The number of amides is 1. The summed E-state index contributed by atoms with van der Waals surface area (Å²) in [5.74, 6) is -0.720. The van der Waals surface area contributed by atoms with E-state index in [4.69, 9.17) is 23.7 Å². The van der Waals surface area contributed by atoms with Crippen LogP contribution in [0.15, 0.2) is 0 Å². The largest absolute Gasteiger partial charge is 1.00 e. The Labute approximate surface area is 256 Å². The van der Waals surface area contributed by atoms with Gasteiger partial charge in [-0.3, -0.25) is 8.98 Å². The van der Waals surface area contributed by atoms with E-state index in [2.05, 4.69) is 9.50 Å². The summed E-state index contributed by atoms with van der Waals surface area (Å²) < 4.78 is 65.3. The number of aliphatic hydroxyl groups excluding tert-OH is 8. The van der Waals surface area contributed by atoms with Gasteiger partial charge in [-0.2, -0.15) is 0 Å². The minimum Gasteiger partial charge on any atom is -0.726 e. The van der Waals surface area contributed by atoms with E-state index in [0.717, 1.165) is 6.92 Å². The van der Waals surface area contributed by atoms with Gasteiger partial charge >= 0.3 is 29.6 Å². The maximum Gasteiger partial charge on any atom is 1.00 e. The zero-order valence-electron chi connectivity index (χ0n) is 22.1. The van der Waals surface area contributed by atoms with Crippen molar-refractivity contribution in [2.45, 2.75) is 106 Å². The van der Waals surface area contributed by atoms with E-state index in [1.54, 1.807) is 0 Å². The van der Waals surface area contributed by atoms with Crippen LogP contribution in [0.25, 0.3) is 0 Å². The topological polar surface area (TPSA) is 304 Å². The molecule has 0 bridgehead atoms. The van der Waals surface area contributed by atoms with E-state index >= 15 is 0 Å². The Morgan fingerprint density at radius 1 is 0.805 bits per heavy atom. The first-order valence-electron chi connectivity index (χ1n) is 12.1. The fourth-order valence-electron chi connectivity index (χ4n) is 4.63. The summed E-state index contributed by atoms with van der Waals surface area (Å²) in [7, 11) is -5.49.